The number of rotatable bonds is 7. The molecule has 0 bridgehead atoms. The van der Waals surface area contributed by atoms with Crippen molar-refractivity contribution in [3.63, 3.8) is 0 Å². The molecular weight excluding hydrogens is 410 g/mol. The van der Waals surface area contributed by atoms with Crippen LogP contribution in [0.4, 0.5) is 21.0 Å². The lowest BCUT2D eigenvalue weighted by Gasteiger charge is -2.21. The van der Waals surface area contributed by atoms with E-state index in [4.69, 9.17) is 9.15 Å². The summed E-state index contributed by atoms with van der Waals surface area (Å²) in [4.78, 5) is 34.3. The number of benzene rings is 1. The van der Waals surface area contributed by atoms with E-state index in [1.165, 1.54) is 19.2 Å². The second kappa shape index (κ2) is 9.69. The highest BCUT2D eigenvalue weighted by Crippen LogP contribution is 2.32. The van der Waals surface area contributed by atoms with E-state index < -0.39 is 28.8 Å². The molecule has 0 aliphatic rings. The summed E-state index contributed by atoms with van der Waals surface area (Å²) in [6.45, 7) is 8.79. The molecule has 0 fully saturated rings. The van der Waals surface area contributed by atoms with E-state index >= 15 is 0 Å². The standard InChI is InChI=1S/C19H23N5O7/c1-6-7-13(21-18(26)31-19(2,3)4)16-23-22-15(30-16)12-9-8-11(20-17(25)29-5)10-14(12)24(27)28/h6,8-10,13H,1,7H2,2-5H3,(H,20,25)(H,21,26)/t13-/m0/s1. The topological polar surface area (TPSA) is 159 Å². The summed E-state index contributed by atoms with van der Waals surface area (Å²) in [7, 11) is 1.17. The van der Waals surface area contributed by atoms with Crippen LogP contribution in [-0.2, 0) is 9.47 Å². The fourth-order valence-corrected chi connectivity index (χ4v) is 2.43. The number of hydrogen-bond acceptors (Lipinski definition) is 9. The summed E-state index contributed by atoms with van der Waals surface area (Å²) in [5.74, 6) is -0.113. The number of carbonyl (C=O) groups is 2. The van der Waals surface area contributed by atoms with E-state index in [2.05, 4.69) is 32.1 Å². The zero-order valence-electron chi connectivity index (χ0n) is 17.5. The van der Waals surface area contributed by atoms with E-state index in [1.54, 1.807) is 26.8 Å². The third-order valence-corrected chi connectivity index (χ3v) is 3.69. The molecule has 0 saturated heterocycles. The maximum absolute atomic E-state index is 12.1. The normalized spacial score (nSPS) is 11.9. The van der Waals surface area contributed by atoms with Gasteiger partial charge in [0.2, 0.25) is 5.89 Å². The van der Waals surface area contributed by atoms with Crippen LogP contribution in [0.1, 0.15) is 39.1 Å². The Morgan fingerprint density at radius 3 is 2.61 bits per heavy atom. The Balaban J connectivity index is 2.32. The van der Waals surface area contributed by atoms with Gasteiger partial charge in [-0.1, -0.05) is 6.08 Å². The maximum Gasteiger partial charge on any atom is 0.411 e. The highest BCUT2D eigenvalue weighted by molar-refractivity contribution is 5.86. The predicted molar refractivity (Wildman–Crippen MR) is 109 cm³/mol. The first-order valence-electron chi connectivity index (χ1n) is 9.11. The average Bonchev–Trinajstić information content (AvgIpc) is 3.16. The number of nitro groups is 1. The highest BCUT2D eigenvalue weighted by Gasteiger charge is 2.26. The van der Waals surface area contributed by atoms with Gasteiger partial charge in [0.25, 0.3) is 11.6 Å². The molecule has 0 radical (unpaired) electrons. The lowest BCUT2D eigenvalue weighted by Crippen LogP contribution is -2.35. The van der Waals surface area contributed by atoms with Crippen LogP contribution in [0.5, 0.6) is 0 Å². The summed E-state index contributed by atoms with van der Waals surface area (Å²) < 4.78 is 15.3. The maximum atomic E-state index is 12.1. The smallest absolute Gasteiger partial charge is 0.411 e. The van der Waals surface area contributed by atoms with E-state index in [9.17, 15) is 19.7 Å². The molecule has 31 heavy (non-hydrogen) atoms. The number of nitro benzene ring substituents is 1. The molecule has 1 aromatic heterocycles. The molecule has 0 saturated carbocycles. The monoisotopic (exact) mass is 433 g/mol. The second-order valence-corrected chi connectivity index (χ2v) is 7.27. The van der Waals surface area contributed by atoms with Crippen molar-refractivity contribution in [1.29, 1.82) is 0 Å². The molecular formula is C19H23N5O7. The van der Waals surface area contributed by atoms with E-state index in [-0.39, 0.29) is 35.1 Å². The number of aromatic nitrogens is 2. The van der Waals surface area contributed by atoms with E-state index in [0.717, 1.165) is 6.07 Å². The van der Waals surface area contributed by atoms with Gasteiger partial charge in [-0.15, -0.1) is 16.8 Å². The van der Waals surface area contributed by atoms with Crippen LogP contribution in [0.15, 0.2) is 35.3 Å². The largest absolute Gasteiger partial charge is 0.453 e. The van der Waals surface area contributed by atoms with E-state index in [1.807, 2.05) is 0 Å². The van der Waals surface area contributed by atoms with Crippen LogP contribution in [0.2, 0.25) is 0 Å². The van der Waals surface area contributed by atoms with Gasteiger partial charge >= 0.3 is 12.2 Å². The number of methoxy groups -OCH3 is 1. The van der Waals surface area contributed by atoms with Gasteiger partial charge in [-0.2, -0.15) is 0 Å². The van der Waals surface area contributed by atoms with Gasteiger partial charge in [-0.05, 0) is 39.3 Å². The van der Waals surface area contributed by atoms with Crippen LogP contribution in [0, 0.1) is 10.1 Å². The van der Waals surface area contributed by atoms with Gasteiger partial charge in [0, 0.05) is 6.07 Å². The van der Waals surface area contributed by atoms with Crippen molar-refractivity contribution >= 4 is 23.6 Å². The van der Waals surface area contributed by atoms with E-state index in [0.29, 0.717) is 0 Å². The zero-order valence-corrected chi connectivity index (χ0v) is 17.5. The van der Waals surface area contributed by atoms with Crippen molar-refractivity contribution in [3.05, 3.63) is 46.9 Å². The molecule has 2 N–H and O–H groups in total. The summed E-state index contributed by atoms with van der Waals surface area (Å²) in [6.07, 6.45) is 0.331. The minimum absolute atomic E-state index is 0.0202. The number of nitrogens with zero attached hydrogens (tertiary/aromatic N) is 3. The van der Waals surface area contributed by atoms with Crippen molar-refractivity contribution in [1.82, 2.24) is 15.5 Å². The molecule has 166 valence electrons. The van der Waals surface area contributed by atoms with Crippen molar-refractivity contribution in [2.24, 2.45) is 0 Å². The summed E-state index contributed by atoms with van der Waals surface area (Å²) in [5, 5.41) is 24.2. The average molecular weight is 433 g/mol. The molecule has 1 aromatic carbocycles. The van der Waals surface area contributed by atoms with Crippen LogP contribution in [-0.4, -0.2) is 40.0 Å². The van der Waals surface area contributed by atoms with Crippen molar-refractivity contribution in [2.75, 3.05) is 12.4 Å². The lowest BCUT2D eigenvalue weighted by molar-refractivity contribution is -0.384. The summed E-state index contributed by atoms with van der Waals surface area (Å²) in [6, 6.07) is 3.16. The Kier molecular flexibility index (Phi) is 7.29. The summed E-state index contributed by atoms with van der Waals surface area (Å²) >= 11 is 0. The Bertz CT molecular complexity index is 980. The molecule has 12 nitrogen and oxygen atoms in total. The lowest BCUT2D eigenvalue weighted by atomic mass is 10.1. The van der Waals surface area contributed by atoms with Gasteiger partial charge in [0.1, 0.15) is 17.2 Å². The highest BCUT2D eigenvalue weighted by atomic mass is 16.6. The number of hydrogen-bond donors (Lipinski definition) is 2. The fourth-order valence-electron chi connectivity index (χ4n) is 2.43. The third-order valence-electron chi connectivity index (χ3n) is 3.69. The van der Waals surface area contributed by atoms with Gasteiger partial charge < -0.3 is 19.2 Å². The molecule has 0 aliphatic carbocycles. The quantitative estimate of drug-likeness (QED) is 0.374. The van der Waals surface area contributed by atoms with Crippen LogP contribution in [0.25, 0.3) is 11.5 Å². The van der Waals surface area contributed by atoms with Crippen LogP contribution >= 0.6 is 0 Å². The first-order valence-corrected chi connectivity index (χ1v) is 9.11. The van der Waals surface area contributed by atoms with Gasteiger partial charge in [-0.3, -0.25) is 15.4 Å². The molecule has 12 heteroatoms. The van der Waals surface area contributed by atoms with Crippen LogP contribution < -0.4 is 10.6 Å². The molecule has 1 heterocycles. The zero-order chi connectivity index (χ0) is 23.2. The predicted octanol–water partition coefficient (Wildman–Crippen LogP) is 3.97. The Morgan fingerprint density at radius 2 is 2.03 bits per heavy atom. The number of anilines is 1. The van der Waals surface area contributed by atoms with Gasteiger partial charge in [0.15, 0.2) is 0 Å². The second-order valence-electron chi connectivity index (χ2n) is 7.27. The molecule has 1 atom stereocenters. The van der Waals surface area contributed by atoms with Gasteiger partial charge in [0.05, 0.1) is 17.7 Å². The molecule has 2 aromatic rings. The minimum Gasteiger partial charge on any atom is -0.453 e. The number of ether oxygens (including phenoxy) is 2. The Labute approximate surface area is 177 Å². The van der Waals surface area contributed by atoms with Crippen molar-refractivity contribution in [2.45, 2.75) is 38.8 Å². The van der Waals surface area contributed by atoms with Crippen molar-refractivity contribution < 1.29 is 28.4 Å². The third kappa shape index (κ3) is 6.52. The first kappa shape index (κ1) is 23.3. The first-order chi connectivity index (χ1) is 14.5. The Morgan fingerprint density at radius 1 is 1.32 bits per heavy atom. The fraction of sp³-hybridized carbons (Fsp3) is 0.368. The molecule has 2 rings (SSSR count). The molecule has 0 unspecified atom stereocenters. The summed E-state index contributed by atoms with van der Waals surface area (Å²) in [5.41, 5.74) is -0.889. The minimum atomic E-state index is -0.775. The van der Waals surface area contributed by atoms with Crippen molar-refractivity contribution in [3.8, 4) is 11.5 Å². The number of carbonyl (C=O) groups excluding carboxylic acids is 2. The number of alkyl carbamates (subject to hydrolysis) is 1. The number of nitrogens with one attached hydrogen (secondary N) is 2. The SMILES string of the molecule is C=CC[C@H](NC(=O)OC(C)(C)C)c1nnc(-c2ccc(NC(=O)OC)cc2[N+](=O)[O-])o1. The van der Waals surface area contributed by atoms with Gasteiger partial charge in [-0.25, -0.2) is 9.59 Å². The molecule has 2 amide bonds. The Hall–Kier alpha value is -3.96. The molecule has 0 spiro atoms. The molecule has 0 aliphatic heterocycles. The van der Waals surface area contributed by atoms with Crippen LogP contribution in [0.3, 0.4) is 0 Å². The number of amides is 2.